The molecular formula is C23H17ClF2N4O2. The molecule has 0 fully saturated rings. The molecule has 0 atom stereocenters. The summed E-state index contributed by atoms with van der Waals surface area (Å²) in [6.45, 7) is 1.76. The molecule has 2 aromatic heterocycles. The Labute approximate surface area is 186 Å². The van der Waals surface area contributed by atoms with Gasteiger partial charge in [-0.15, -0.1) is 0 Å². The average molecular weight is 455 g/mol. The van der Waals surface area contributed by atoms with Crippen molar-refractivity contribution in [2.24, 2.45) is 0 Å². The largest absolute Gasteiger partial charge is 0.347 e. The van der Waals surface area contributed by atoms with E-state index in [9.17, 15) is 18.4 Å². The Morgan fingerprint density at radius 3 is 2.56 bits per heavy atom. The first-order chi connectivity index (χ1) is 15.3. The molecule has 2 amide bonds. The quantitative estimate of drug-likeness (QED) is 0.456. The summed E-state index contributed by atoms with van der Waals surface area (Å²) in [6.07, 6.45) is 1.68. The van der Waals surface area contributed by atoms with Gasteiger partial charge >= 0.3 is 0 Å². The maximum Gasteiger partial charge on any atom is 0.270 e. The Bertz CT molecular complexity index is 1350. The van der Waals surface area contributed by atoms with Crippen LogP contribution in [0.25, 0.3) is 5.65 Å². The lowest BCUT2D eigenvalue weighted by Gasteiger charge is -2.09. The molecule has 9 heteroatoms. The van der Waals surface area contributed by atoms with Gasteiger partial charge in [-0.3, -0.25) is 9.59 Å². The molecule has 0 aliphatic rings. The number of anilines is 1. The minimum atomic E-state index is -0.991. The van der Waals surface area contributed by atoms with Gasteiger partial charge in [0.15, 0.2) is 17.3 Å². The van der Waals surface area contributed by atoms with Gasteiger partial charge in [0.25, 0.3) is 11.8 Å². The highest BCUT2D eigenvalue weighted by atomic mass is 35.5. The summed E-state index contributed by atoms with van der Waals surface area (Å²) in [5, 5.41) is 5.76. The standard InChI is InChI=1S/C23H17ClF2N4O2/c1-13-10-20(23(32)27-12-14-6-7-17(25)18(26)11-14)28-21-15(8-9-30(13)21)22(31)29-19-5-3-2-4-16(19)24/h2-11H,12H2,1H3,(H,27,32)(H,29,31). The van der Waals surface area contributed by atoms with E-state index in [0.717, 1.165) is 12.1 Å². The molecule has 0 saturated carbocycles. The predicted molar refractivity (Wildman–Crippen MR) is 117 cm³/mol. The van der Waals surface area contributed by atoms with E-state index < -0.39 is 23.4 Å². The first-order valence-electron chi connectivity index (χ1n) is 9.60. The van der Waals surface area contributed by atoms with Gasteiger partial charge in [-0.25, -0.2) is 13.8 Å². The number of carbonyl (C=O) groups is 2. The van der Waals surface area contributed by atoms with Crippen molar-refractivity contribution in [2.75, 3.05) is 5.32 Å². The molecule has 0 saturated heterocycles. The molecule has 2 heterocycles. The highest BCUT2D eigenvalue weighted by Gasteiger charge is 2.18. The van der Waals surface area contributed by atoms with Crippen molar-refractivity contribution in [1.29, 1.82) is 0 Å². The van der Waals surface area contributed by atoms with Gasteiger partial charge in [-0.2, -0.15) is 0 Å². The maximum absolute atomic E-state index is 13.4. The van der Waals surface area contributed by atoms with E-state index in [1.54, 1.807) is 53.9 Å². The van der Waals surface area contributed by atoms with Crippen LogP contribution in [0, 0.1) is 18.6 Å². The van der Waals surface area contributed by atoms with E-state index in [2.05, 4.69) is 15.6 Å². The summed E-state index contributed by atoms with van der Waals surface area (Å²) in [4.78, 5) is 29.8. The van der Waals surface area contributed by atoms with Crippen molar-refractivity contribution in [1.82, 2.24) is 14.7 Å². The Morgan fingerprint density at radius 2 is 1.81 bits per heavy atom. The number of hydrogen-bond acceptors (Lipinski definition) is 3. The number of carbonyl (C=O) groups excluding carboxylic acids is 2. The highest BCUT2D eigenvalue weighted by Crippen LogP contribution is 2.22. The van der Waals surface area contributed by atoms with Crippen LogP contribution in [0.1, 0.15) is 32.1 Å². The number of rotatable bonds is 5. The van der Waals surface area contributed by atoms with Gasteiger partial charge in [0.1, 0.15) is 5.69 Å². The lowest BCUT2D eigenvalue weighted by molar-refractivity contribution is 0.0944. The normalized spacial score (nSPS) is 10.9. The second kappa shape index (κ2) is 8.76. The van der Waals surface area contributed by atoms with Crippen LogP contribution in [-0.2, 0) is 6.54 Å². The van der Waals surface area contributed by atoms with Crippen LogP contribution < -0.4 is 10.6 Å². The lowest BCUT2D eigenvalue weighted by atomic mass is 10.2. The molecule has 0 aliphatic carbocycles. The molecule has 2 N–H and O–H groups in total. The molecule has 0 spiro atoms. The van der Waals surface area contributed by atoms with Crippen LogP contribution in [0.5, 0.6) is 0 Å². The summed E-state index contributed by atoms with van der Waals surface area (Å²) in [6, 6.07) is 13.4. The number of benzene rings is 2. The van der Waals surface area contributed by atoms with Gasteiger partial charge in [0.2, 0.25) is 0 Å². The topological polar surface area (TPSA) is 75.5 Å². The zero-order chi connectivity index (χ0) is 22.8. The third kappa shape index (κ3) is 4.31. The summed E-state index contributed by atoms with van der Waals surface area (Å²) < 4.78 is 28.1. The number of aryl methyl sites for hydroxylation is 1. The van der Waals surface area contributed by atoms with Gasteiger partial charge in [0, 0.05) is 18.4 Å². The number of nitrogens with zero attached hydrogens (tertiary/aromatic N) is 2. The minimum Gasteiger partial charge on any atom is -0.347 e. The second-order valence-electron chi connectivity index (χ2n) is 7.07. The zero-order valence-electron chi connectivity index (χ0n) is 16.8. The van der Waals surface area contributed by atoms with E-state index >= 15 is 0 Å². The third-order valence-corrected chi connectivity index (χ3v) is 5.18. The fraction of sp³-hybridized carbons (Fsp3) is 0.0870. The lowest BCUT2D eigenvalue weighted by Crippen LogP contribution is -2.24. The fourth-order valence-electron chi connectivity index (χ4n) is 3.20. The molecule has 2 aromatic carbocycles. The molecule has 0 radical (unpaired) electrons. The van der Waals surface area contributed by atoms with E-state index in [4.69, 9.17) is 11.6 Å². The molecule has 0 bridgehead atoms. The van der Waals surface area contributed by atoms with Crippen molar-refractivity contribution < 1.29 is 18.4 Å². The third-order valence-electron chi connectivity index (χ3n) is 4.85. The van der Waals surface area contributed by atoms with Gasteiger partial charge in [-0.05, 0) is 48.9 Å². The molecule has 32 heavy (non-hydrogen) atoms. The SMILES string of the molecule is Cc1cc(C(=O)NCc2ccc(F)c(F)c2)nc2c(C(=O)Nc3ccccc3Cl)ccn12. The Morgan fingerprint density at radius 1 is 1.03 bits per heavy atom. The summed E-state index contributed by atoms with van der Waals surface area (Å²) >= 11 is 6.11. The molecular weight excluding hydrogens is 438 g/mol. The first kappa shape index (κ1) is 21.5. The molecule has 4 aromatic rings. The second-order valence-corrected chi connectivity index (χ2v) is 7.48. The number of nitrogens with one attached hydrogen (secondary N) is 2. The fourth-order valence-corrected chi connectivity index (χ4v) is 3.39. The van der Waals surface area contributed by atoms with Gasteiger partial charge < -0.3 is 15.0 Å². The molecule has 0 aliphatic heterocycles. The first-order valence-corrected chi connectivity index (χ1v) is 9.98. The number of fused-ring (bicyclic) bond motifs is 1. The number of halogens is 3. The molecule has 0 unspecified atom stereocenters. The Hall–Kier alpha value is -3.78. The van der Waals surface area contributed by atoms with Crippen molar-refractivity contribution in [3.05, 3.63) is 100.0 Å². The minimum absolute atomic E-state index is 0.0111. The van der Waals surface area contributed by atoms with Crippen LogP contribution in [-0.4, -0.2) is 21.2 Å². The number of amides is 2. The number of para-hydroxylation sites is 1. The van der Waals surface area contributed by atoms with Crippen molar-refractivity contribution in [3.8, 4) is 0 Å². The Kier molecular flexibility index (Phi) is 5.87. The molecule has 6 nitrogen and oxygen atoms in total. The smallest absolute Gasteiger partial charge is 0.270 e. The summed E-state index contributed by atoms with van der Waals surface area (Å²) in [5.74, 6) is -2.89. The maximum atomic E-state index is 13.4. The van der Waals surface area contributed by atoms with Crippen molar-refractivity contribution in [3.63, 3.8) is 0 Å². The van der Waals surface area contributed by atoms with Gasteiger partial charge in [0.05, 0.1) is 16.3 Å². The highest BCUT2D eigenvalue weighted by molar-refractivity contribution is 6.34. The number of hydrogen-bond donors (Lipinski definition) is 2. The van der Waals surface area contributed by atoms with Crippen LogP contribution in [0.15, 0.2) is 60.8 Å². The van der Waals surface area contributed by atoms with Crippen LogP contribution in [0.3, 0.4) is 0 Å². The predicted octanol–water partition coefficient (Wildman–Crippen LogP) is 4.76. The summed E-state index contributed by atoms with van der Waals surface area (Å²) in [5.41, 5.74) is 2.19. The van der Waals surface area contributed by atoms with E-state index in [1.807, 2.05) is 0 Å². The zero-order valence-corrected chi connectivity index (χ0v) is 17.6. The average Bonchev–Trinajstić information content (AvgIpc) is 3.21. The van der Waals surface area contributed by atoms with E-state index in [-0.39, 0.29) is 17.8 Å². The van der Waals surface area contributed by atoms with Crippen LogP contribution >= 0.6 is 11.6 Å². The Balaban J connectivity index is 1.58. The molecule has 162 valence electrons. The van der Waals surface area contributed by atoms with Gasteiger partial charge in [-0.1, -0.05) is 29.8 Å². The number of aromatic nitrogens is 2. The van der Waals surface area contributed by atoms with Crippen LogP contribution in [0.4, 0.5) is 14.5 Å². The van der Waals surface area contributed by atoms with Crippen molar-refractivity contribution in [2.45, 2.75) is 13.5 Å². The summed E-state index contributed by atoms with van der Waals surface area (Å²) in [7, 11) is 0. The van der Waals surface area contributed by atoms with Crippen molar-refractivity contribution >= 4 is 34.7 Å². The monoisotopic (exact) mass is 454 g/mol. The van der Waals surface area contributed by atoms with E-state index in [1.165, 1.54) is 6.07 Å². The van der Waals surface area contributed by atoms with E-state index in [0.29, 0.717) is 27.6 Å². The molecule has 4 rings (SSSR count). The van der Waals surface area contributed by atoms with Crippen LogP contribution in [0.2, 0.25) is 5.02 Å².